The van der Waals surface area contributed by atoms with Crippen LogP contribution in [0.1, 0.15) is 26.2 Å². The molecular weight excluding hydrogens is 202 g/mol. The number of nitrogens with zero attached hydrogens (tertiary/aromatic N) is 1. The number of methoxy groups -OCH3 is 1. The molecule has 89 valence electrons. The minimum Gasteiger partial charge on any atom is -0.501 e. The summed E-state index contributed by atoms with van der Waals surface area (Å²) in [5, 5.41) is 0. The van der Waals surface area contributed by atoms with Gasteiger partial charge in [-0.05, 0) is 24.5 Å². The number of carbonyl (C=O) groups is 1. The van der Waals surface area contributed by atoms with Crippen molar-refractivity contribution >= 4 is 5.91 Å². The molecule has 3 heteroatoms. The summed E-state index contributed by atoms with van der Waals surface area (Å²) in [5.41, 5.74) is 1.05. The molecule has 16 heavy (non-hydrogen) atoms. The summed E-state index contributed by atoms with van der Waals surface area (Å²) >= 11 is 0. The number of hydrogen-bond donors (Lipinski definition) is 0. The fraction of sp³-hybridized carbons (Fsp3) is 0.538. The monoisotopic (exact) mass is 222 g/mol. The van der Waals surface area contributed by atoms with E-state index in [1.807, 2.05) is 19.5 Å². The zero-order valence-corrected chi connectivity index (χ0v) is 10.3. The third-order valence-electron chi connectivity index (χ3n) is 2.60. The van der Waals surface area contributed by atoms with Crippen molar-refractivity contribution in [3.05, 3.63) is 29.9 Å². The van der Waals surface area contributed by atoms with Crippen LogP contribution in [0, 0.1) is 6.42 Å². The Balaban J connectivity index is 2.51. The van der Waals surface area contributed by atoms with E-state index in [0.29, 0.717) is 6.42 Å². The molecule has 0 fully saturated rings. The lowest BCUT2D eigenvalue weighted by Crippen LogP contribution is -2.27. The second-order valence-electron chi connectivity index (χ2n) is 3.96. The molecule has 0 N–H and O–H groups in total. The van der Waals surface area contributed by atoms with E-state index in [4.69, 9.17) is 4.74 Å². The molecular formula is C13H20NO2. The van der Waals surface area contributed by atoms with E-state index < -0.39 is 0 Å². The van der Waals surface area contributed by atoms with Crippen LogP contribution in [0.2, 0.25) is 0 Å². The molecule has 0 aromatic rings. The van der Waals surface area contributed by atoms with E-state index in [-0.39, 0.29) is 5.91 Å². The smallest absolute Gasteiger partial charge is 0.226 e. The van der Waals surface area contributed by atoms with Crippen molar-refractivity contribution in [3.8, 4) is 0 Å². The summed E-state index contributed by atoms with van der Waals surface area (Å²) in [7, 11) is 3.50. The highest BCUT2D eigenvalue weighted by Gasteiger charge is 2.12. The van der Waals surface area contributed by atoms with Crippen LogP contribution in [-0.2, 0) is 9.53 Å². The van der Waals surface area contributed by atoms with Crippen LogP contribution in [0.5, 0.6) is 0 Å². The summed E-state index contributed by atoms with van der Waals surface area (Å²) in [5.74, 6) is 1.02. The summed E-state index contributed by atoms with van der Waals surface area (Å²) < 4.78 is 5.15. The topological polar surface area (TPSA) is 29.5 Å². The van der Waals surface area contributed by atoms with Crippen molar-refractivity contribution in [2.45, 2.75) is 26.2 Å². The van der Waals surface area contributed by atoms with Crippen LogP contribution in [0.25, 0.3) is 0 Å². The zero-order chi connectivity index (χ0) is 12.0. The number of ether oxygens (including phenoxy) is 1. The molecule has 0 saturated heterocycles. The van der Waals surface area contributed by atoms with Gasteiger partial charge in [0.2, 0.25) is 5.91 Å². The van der Waals surface area contributed by atoms with Crippen molar-refractivity contribution < 1.29 is 9.53 Å². The third-order valence-corrected chi connectivity index (χ3v) is 2.60. The number of amides is 1. The molecule has 0 aliphatic heterocycles. The summed E-state index contributed by atoms with van der Waals surface area (Å²) in [6.45, 7) is 2.89. The first kappa shape index (κ1) is 12.8. The van der Waals surface area contributed by atoms with Crippen LogP contribution in [0.4, 0.5) is 0 Å². The Kier molecular flexibility index (Phi) is 5.09. The highest BCUT2D eigenvalue weighted by atomic mass is 16.5. The normalized spacial score (nSPS) is 15.2. The quantitative estimate of drug-likeness (QED) is 0.714. The van der Waals surface area contributed by atoms with Gasteiger partial charge in [0, 0.05) is 20.0 Å². The highest BCUT2D eigenvalue weighted by molar-refractivity contribution is 5.79. The minimum atomic E-state index is 0.168. The van der Waals surface area contributed by atoms with Crippen molar-refractivity contribution in [3.63, 3.8) is 0 Å². The molecule has 3 nitrogen and oxygen atoms in total. The van der Waals surface area contributed by atoms with Crippen LogP contribution >= 0.6 is 0 Å². The second-order valence-corrected chi connectivity index (χ2v) is 3.96. The first-order valence-electron chi connectivity index (χ1n) is 5.69. The number of allylic oxidation sites excluding steroid dienone is 3. The molecule has 0 saturated carbocycles. The standard InChI is InChI=1S/C13H20NO2/c1-4-8-14(2)13(15)10-11-6-5-7-12(9-11)16-3/h6-7,9H,4-5,8,10H2,1-3H3. The summed E-state index contributed by atoms with van der Waals surface area (Å²) in [4.78, 5) is 13.6. The van der Waals surface area contributed by atoms with Crippen LogP contribution in [0.15, 0.2) is 23.5 Å². The van der Waals surface area contributed by atoms with Gasteiger partial charge in [-0.25, -0.2) is 0 Å². The van der Waals surface area contributed by atoms with Crippen molar-refractivity contribution in [2.75, 3.05) is 20.7 Å². The Labute approximate surface area is 97.8 Å². The molecule has 0 aromatic carbocycles. The van der Waals surface area contributed by atoms with Gasteiger partial charge in [0.05, 0.1) is 19.3 Å². The maximum atomic E-state index is 11.8. The van der Waals surface area contributed by atoms with E-state index in [0.717, 1.165) is 30.7 Å². The molecule has 0 unspecified atom stereocenters. The fourth-order valence-electron chi connectivity index (χ4n) is 1.66. The average Bonchev–Trinajstić information content (AvgIpc) is 2.29. The van der Waals surface area contributed by atoms with Gasteiger partial charge in [0.25, 0.3) is 0 Å². The molecule has 1 rings (SSSR count). The Morgan fingerprint density at radius 3 is 2.94 bits per heavy atom. The first-order chi connectivity index (χ1) is 7.67. The molecule has 0 heterocycles. The lowest BCUT2D eigenvalue weighted by atomic mass is 10.0. The van der Waals surface area contributed by atoms with E-state index >= 15 is 0 Å². The molecule has 1 radical (unpaired) electrons. The van der Waals surface area contributed by atoms with E-state index in [1.165, 1.54) is 0 Å². The van der Waals surface area contributed by atoms with Gasteiger partial charge < -0.3 is 9.64 Å². The van der Waals surface area contributed by atoms with E-state index in [1.54, 1.807) is 12.0 Å². The molecule has 0 atom stereocenters. The van der Waals surface area contributed by atoms with Gasteiger partial charge in [-0.2, -0.15) is 0 Å². The Morgan fingerprint density at radius 2 is 2.31 bits per heavy atom. The molecule has 1 aliphatic rings. The predicted octanol–water partition coefficient (Wildman–Crippen LogP) is 2.31. The maximum absolute atomic E-state index is 11.8. The minimum absolute atomic E-state index is 0.168. The van der Waals surface area contributed by atoms with Gasteiger partial charge in [-0.3, -0.25) is 4.79 Å². The van der Waals surface area contributed by atoms with E-state index in [9.17, 15) is 4.79 Å². The van der Waals surface area contributed by atoms with Gasteiger partial charge in [-0.15, -0.1) is 0 Å². The Bertz CT molecular complexity index is 305. The second kappa shape index (κ2) is 6.36. The van der Waals surface area contributed by atoms with Crippen molar-refractivity contribution in [1.82, 2.24) is 4.90 Å². The van der Waals surface area contributed by atoms with Crippen molar-refractivity contribution in [2.24, 2.45) is 0 Å². The molecule has 0 aromatic heterocycles. The van der Waals surface area contributed by atoms with E-state index in [2.05, 4.69) is 13.0 Å². The summed E-state index contributed by atoms with van der Waals surface area (Å²) in [6.07, 6.45) is 8.32. The molecule has 1 amide bonds. The average molecular weight is 222 g/mol. The lowest BCUT2D eigenvalue weighted by molar-refractivity contribution is -0.129. The zero-order valence-electron chi connectivity index (χ0n) is 10.3. The number of rotatable bonds is 5. The first-order valence-corrected chi connectivity index (χ1v) is 5.69. The van der Waals surface area contributed by atoms with Gasteiger partial charge >= 0.3 is 0 Å². The largest absolute Gasteiger partial charge is 0.501 e. The van der Waals surface area contributed by atoms with Crippen molar-refractivity contribution in [1.29, 1.82) is 0 Å². The third kappa shape index (κ3) is 3.72. The number of hydrogen-bond acceptors (Lipinski definition) is 2. The Hall–Kier alpha value is -1.25. The predicted molar refractivity (Wildman–Crippen MR) is 64.6 cm³/mol. The Morgan fingerprint density at radius 1 is 1.56 bits per heavy atom. The van der Waals surface area contributed by atoms with Crippen LogP contribution in [-0.4, -0.2) is 31.5 Å². The fourth-order valence-corrected chi connectivity index (χ4v) is 1.66. The lowest BCUT2D eigenvalue weighted by Gasteiger charge is -2.18. The van der Waals surface area contributed by atoms with Gasteiger partial charge in [-0.1, -0.05) is 13.0 Å². The van der Waals surface area contributed by atoms with Crippen LogP contribution < -0.4 is 0 Å². The molecule has 0 bridgehead atoms. The SMILES string of the molecule is CCCN(C)C(=O)CC1=CC[CH]C(OC)=C1. The number of carbonyl (C=O) groups excluding carboxylic acids is 1. The molecule has 0 spiro atoms. The molecule has 1 aliphatic carbocycles. The summed E-state index contributed by atoms with van der Waals surface area (Å²) in [6, 6.07) is 0. The van der Waals surface area contributed by atoms with Crippen LogP contribution in [0.3, 0.4) is 0 Å². The highest BCUT2D eigenvalue weighted by Crippen LogP contribution is 2.19. The van der Waals surface area contributed by atoms with Gasteiger partial charge in [0.15, 0.2) is 0 Å². The maximum Gasteiger partial charge on any atom is 0.226 e. The van der Waals surface area contributed by atoms with Gasteiger partial charge in [0.1, 0.15) is 0 Å².